The van der Waals surface area contributed by atoms with Gasteiger partial charge in [0, 0.05) is 12.5 Å². The lowest BCUT2D eigenvalue weighted by atomic mass is 9.92. The van der Waals surface area contributed by atoms with E-state index < -0.39 is 0 Å². The molecule has 0 aromatic heterocycles. The Bertz CT molecular complexity index is 775. The maximum atomic E-state index is 12.5. The molecule has 1 heterocycles. The van der Waals surface area contributed by atoms with Crippen LogP contribution >= 0.6 is 12.4 Å². The highest BCUT2D eigenvalue weighted by Gasteiger charge is 2.57. The van der Waals surface area contributed by atoms with Crippen molar-refractivity contribution in [1.29, 1.82) is 0 Å². The van der Waals surface area contributed by atoms with Crippen LogP contribution in [0.4, 0.5) is 0 Å². The Morgan fingerprint density at radius 3 is 2.46 bits per heavy atom. The van der Waals surface area contributed by atoms with Crippen molar-refractivity contribution >= 4 is 18.3 Å². The van der Waals surface area contributed by atoms with Crippen LogP contribution in [0.2, 0.25) is 0 Å². The maximum Gasteiger partial charge on any atom is 0.223 e. The molecule has 1 spiro atoms. The van der Waals surface area contributed by atoms with Crippen LogP contribution in [0.1, 0.15) is 36.0 Å². The van der Waals surface area contributed by atoms with Crippen LogP contribution in [0, 0.1) is 11.3 Å². The molecule has 1 saturated heterocycles. The third kappa shape index (κ3) is 5.13. The first-order valence-corrected chi connectivity index (χ1v) is 9.93. The minimum absolute atomic E-state index is 0. The molecule has 1 unspecified atom stereocenters. The molecule has 0 bridgehead atoms. The van der Waals surface area contributed by atoms with Gasteiger partial charge in [-0.3, -0.25) is 4.79 Å². The summed E-state index contributed by atoms with van der Waals surface area (Å²) in [5, 5.41) is 6.53. The largest absolute Gasteiger partial charge is 0.372 e. The van der Waals surface area contributed by atoms with Gasteiger partial charge in [-0.1, -0.05) is 54.6 Å². The number of piperidine rings is 1. The van der Waals surface area contributed by atoms with E-state index in [1.165, 1.54) is 5.56 Å². The lowest BCUT2D eigenvalue weighted by Crippen LogP contribution is -2.33. The van der Waals surface area contributed by atoms with Gasteiger partial charge in [-0.25, -0.2) is 0 Å². The molecule has 4 rings (SSSR count). The predicted octanol–water partition coefficient (Wildman–Crippen LogP) is 3.83. The summed E-state index contributed by atoms with van der Waals surface area (Å²) in [6.07, 6.45) is 3.34. The smallest absolute Gasteiger partial charge is 0.223 e. The van der Waals surface area contributed by atoms with E-state index in [2.05, 4.69) is 41.0 Å². The van der Waals surface area contributed by atoms with Crippen molar-refractivity contribution in [1.82, 2.24) is 10.6 Å². The van der Waals surface area contributed by atoms with Crippen LogP contribution < -0.4 is 10.6 Å². The number of hydrogen-bond acceptors (Lipinski definition) is 3. The Kier molecular flexibility index (Phi) is 7.11. The fourth-order valence-corrected chi connectivity index (χ4v) is 4.20. The summed E-state index contributed by atoms with van der Waals surface area (Å²) in [6.45, 7) is 3.88. The third-order valence-electron chi connectivity index (χ3n) is 5.94. The van der Waals surface area contributed by atoms with E-state index in [0.717, 1.165) is 43.5 Å². The van der Waals surface area contributed by atoms with Gasteiger partial charge >= 0.3 is 0 Å². The van der Waals surface area contributed by atoms with E-state index in [0.29, 0.717) is 25.2 Å². The molecule has 2 aromatic carbocycles. The van der Waals surface area contributed by atoms with Gasteiger partial charge in [0.05, 0.1) is 13.2 Å². The molecule has 1 aliphatic heterocycles. The Labute approximate surface area is 173 Å². The number of nitrogens with one attached hydrogen (secondary N) is 2. The monoisotopic (exact) mass is 400 g/mol. The van der Waals surface area contributed by atoms with E-state index in [1.807, 2.05) is 24.3 Å². The molecule has 2 N–H and O–H groups in total. The molecule has 2 fully saturated rings. The third-order valence-corrected chi connectivity index (χ3v) is 5.94. The summed E-state index contributed by atoms with van der Waals surface area (Å²) in [5.74, 6) is 0.444. The summed E-state index contributed by atoms with van der Waals surface area (Å²) in [5.41, 5.74) is 3.74. The van der Waals surface area contributed by atoms with E-state index in [-0.39, 0.29) is 24.2 Å². The summed E-state index contributed by atoms with van der Waals surface area (Å²) >= 11 is 0. The lowest BCUT2D eigenvalue weighted by Gasteiger charge is -2.23. The zero-order valence-electron chi connectivity index (χ0n) is 16.2. The van der Waals surface area contributed by atoms with Crippen molar-refractivity contribution in [3.05, 3.63) is 71.3 Å². The van der Waals surface area contributed by atoms with Gasteiger partial charge in [0.1, 0.15) is 0 Å². The van der Waals surface area contributed by atoms with Gasteiger partial charge < -0.3 is 15.4 Å². The number of amides is 1. The first-order valence-electron chi connectivity index (χ1n) is 9.93. The van der Waals surface area contributed by atoms with Gasteiger partial charge in [0.15, 0.2) is 0 Å². The fraction of sp³-hybridized carbons (Fsp3) is 0.435. The van der Waals surface area contributed by atoms with Gasteiger partial charge in [-0.05, 0) is 54.5 Å². The Hall–Kier alpha value is -1.88. The Balaban J connectivity index is 0.00000225. The van der Waals surface area contributed by atoms with E-state index in [1.54, 1.807) is 0 Å². The van der Waals surface area contributed by atoms with Crippen molar-refractivity contribution in [3.8, 4) is 0 Å². The molecule has 2 aromatic rings. The zero-order valence-corrected chi connectivity index (χ0v) is 17.0. The lowest BCUT2D eigenvalue weighted by molar-refractivity contribution is -0.123. The van der Waals surface area contributed by atoms with E-state index in [9.17, 15) is 4.79 Å². The molecule has 1 atom stereocenters. The molecule has 1 saturated carbocycles. The number of hydrogen-bond donors (Lipinski definition) is 2. The van der Waals surface area contributed by atoms with Crippen molar-refractivity contribution in [2.75, 3.05) is 13.1 Å². The number of carbonyl (C=O) groups is 1. The highest BCUT2D eigenvalue weighted by atomic mass is 35.5. The second-order valence-corrected chi connectivity index (χ2v) is 7.89. The van der Waals surface area contributed by atoms with Crippen molar-refractivity contribution in [2.24, 2.45) is 11.3 Å². The highest BCUT2D eigenvalue weighted by Crippen LogP contribution is 2.58. The van der Waals surface area contributed by atoms with Gasteiger partial charge in [-0.15, -0.1) is 12.4 Å². The maximum absolute atomic E-state index is 12.5. The van der Waals surface area contributed by atoms with Crippen molar-refractivity contribution < 1.29 is 9.53 Å². The molecule has 1 aliphatic carbocycles. The number of ether oxygens (including phenoxy) is 1. The first kappa shape index (κ1) is 20.8. The number of carbonyl (C=O) groups excluding carboxylic acids is 1. The van der Waals surface area contributed by atoms with Gasteiger partial charge in [0.25, 0.3) is 0 Å². The van der Waals surface area contributed by atoms with E-state index >= 15 is 0 Å². The van der Waals surface area contributed by atoms with Crippen molar-refractivity contribution in [3.63, 3.8) is 0 Å². The second-order valence-electron chi connectivity index (χ2n) is 7.89. The van der Waals surface area contributed by atoms with Crippen LogP contribution in [0.3, 0.4) is 0 Å². The summed E-state index contributed by atoms with van der Waals surface area (Å²) < 4.78 is 5.82. The Morgan fingerprint density at radius 1 is 1.00 bits per heavy atom. The molecule has 28 heavy (non-hydrogen) atoms. The molecule has 150 valence electrons. The molecular formula is C23H29ClN2O2. The van der Waals surface area contributed by atoms with Crippen molar-refractivity contribution in [2.45, 2.75) is 39.0 Å². The van der Waals surface area contributed by atoms with Crippen LogP contribution in [-0.2, 0) is 29.3 Å². The number of benzene rings is 2. The molecule has 5 heteroatoms. The SMILES string of the molecule is Cl.O=C(NCc1cccc(COCc2ccccc2)c1)C1CC12CCNCC2. The number of rotatable bonds is 7. The molecule has 0 radical (unpaired) electrons. The van der Waals surface area contributed by atoms with Crippen LogP contribution in [0.15, 0.2) is 54.6 Å². The van der Waals surface area contributed by atoms with Crippen LogP contribution in [-0.4, -0.2) is 19.0 Å². The summed E-state index contributed by atoms with van der Waals surface area (Å²) in [7, 11) is 0. The van der Waals surface area contributed by atoms with Crippen LogP contribution in [0.25, 0.3) is 0 Å². The summed E-state index contributed by atoms with van der Waals surface area (Å²) in [4.78, 5) is 12.5. The second kappa shape index (κ2) is 9.55. The normalized spacial score (nSPS) is 19.6. The fourth-order valence-electron chi connectivity index (χ4n) is 4.20. The minimum atomic E-state index is 0. The Morgan fingerprint density at radius 2 is 1.68 bits per heavy atom. The average molecular weight is 401 g/mol. The first-order chi connectivity index (χ1) is 13.3. The van der Waals surface area contributed by atoms with Gasteiger partial charge in [0.2, 0.25) is 5.91 Å². The van der Waals surface area contributed by atoms with Crippen LogP contribution in [0.5, 0.6) is 0 Å². The average Bonchev–Trinajstić information content (AvgIpc) is 3.40. The molecule has 2 aliphatic rings. The molecule has 4 nitrogen and oxygen atoms in total. The standard InChI is InChI=1S/C23H28N2O2.ClH/c26-22(21-14-23(21)9-11-24-12-10-23)25-15-19-7-4-8-20(13-19)17-27-16-18-5-2-1-3-6-18;/h1-8,13,21,24H,9-12,14-17H2,(H,25,26);1H. The quantitative estimate of drug-likeness (QED) is 0.742. The number of halogens is 1. The zero-order chi connectivity index (χ0) is 18.5. The predicted molar refractivity (Wildman–Crippen MR) is 113 cm³/mol. The molecular weight excluding hydrogens is 372 g/mol. The topological polar surface area (TPSA) is 50.4 Å². The van der Waals surface area contributed by atoms with E-state index in [4.69, 9.17) is 4.74 Å². The molecule has 1 amide bonds. The minimum Gasteiger partial charge on any atom is -0.372 e. The summed E-state index contributed by atoms with van der Waals surface area (Å²) in [6, 6.07) is 18.5. The van der Waals surface area contributed by atoms with Gasteiger partial charge in [-0.2, -0.15) is 0 Å². The highest BCUT2D eigenvalue weighted by molar-refractivity contribution is 5.85.